The largest absolute Gasteiger partial charge is 0.352 e. The average molecular weight is 494 g/mol. The first-order chi connectivity index (χ1) is 13.2. The fraction of sp³-hybridized carbons (Fsp3) is 0.571. The van der Waals surface area contributed by atoms with E-state index >= 15 is 0 Å². The Morgan fingerprint density at radius 1 is 1.18 bits per heavy atom. The van der Waals surface area contributed by atoms with E-state index in [1.54, 1.807) is 6.20 Å². The number of hydrogen-bond donors (Lipinski definition) is 1. The van der Waals surface area contributed by atoms with Crippen LogP contribution in [0.25, 0.3) is 5.82 Å². The van der Waals surface area contributed by atoms with Crippen LogP contribution in [0, 0.1) is 12.3 Å². The molecule has 7 heteroatoms. The number of aryl methyl sites for hydroxylation is 1. The number of pyridine rings is 1. The maximum absolute atomic E-state index is 4.58. The number of imidazole rings is 1. The molecule has 4 rings (SSSR count). The lowest BCUT2D eigenvalue weighted by molar-refractivity contribution is 0.203. The third-order valence-electron chi connectivity index (χ3n) is 6.20. The van der Waals surface area contributed by atoms with Crippen molar-refractivity contribution in [2.75, 3.05) is 20.1 Å². The van der Waals surface area contributed by atoms with Gasteiger partial charge >= 0.3 is 0 Å². The minimum atomic E-state index is 0. The molecular formula is C21H31IN6. The van der Waals surface area contributed by atoms with E-state index in [9.17, 15) is 0 Å². The van der Waals surface area contributed by atoms with Gasteiger partial charge in [0.1, 0.15) is 11.6 Å². The number of rotatable bonds is 3. The Kier molecular flexibility index (Phi) is 6.95. The smallest absolute Gasteiger partial charge is 0.193 e. The van der Waals surface area contributed by atoms with Crippen LogP contribution in [-0.2, 0) is 6.54 Å². The Morgan fingerprint density at radius 3 is 2.64 bits per heavy atom. The van der Waals surface area contributed by atoms with Gasteiger partial charge in [-0.2, -0.15) is 0 Å². The van der Waals surface area contributed by atoms with Gasteiger partial charge in [-0.1, -0.05) is 25.3 Å². The topological polar surface area (TPSA) is 58.3 Å². The number of aromatic nitrogens is 3. The molecule has 6 nitrogen and oxygen atoms in total. The number of aliphatic imine (C=N–C) groups is 1. The summed E-state index contributed by atoms with van der Waals surface area (Å²) < 4.78 is 1.99. The Bertz CT molecular complexity index is 791. The summed E-state index contributed by atoms with van der Waals surface area (Å²) in [6, 6.07) is 4.16. The van der Waals surface area contributed by atoms with Gasteiger partial charge in [-0.3, -0.25) is 9.56 Å². The second kappa shape index (κ2) is 9.24. The normalized spacial score (nSPS) is 18.9. The summed E-state index contributed by atoms with van der Waals surface area (Å²) in [6.07, 6.45) is 14.0. The van der Waals surface area contributed by atoms with Gasteiger partial charge in [0.25, 0.3) is 0 Å². The summed E-state index contributed by atoms with van der Waals surface area (Å²) in [7, 11) is 1.89. The van der Waals surface area contributed by atoms with Gasteiger partial charge in [-0.05, 0) is 43.2 Å². The SMILES string of the molecule is CN=C(NCc1ccc(-n2ccnc2C)nc1)N1CCC2(CCCCC2)C1.I. The zero-order valence-electron chi connectivity index (χ0n) is 16.9. The van der Waals surface area contributed by atoms with Crippen LogP contribution in [0.3, 0.4) is 0 Å². The molecule has 0 unspecified atom stereocenters. The lowest BCUT2D eigenvalue weighted by Crippen LogP contribution is -2.41. The third-order valence-corrected chi connectivity index (χ3v) is 6.20. The van der Waals surface area contributed by atoms with Crippen LogP contribution in [0.15, 0.2) is 35.7 Å². The molecular weight excluding hydrogens is 463 g/mol. The monoisotopic (exact) mass is 494 g/mol. The first-order valence-electron chi connectivity index (χ1n) is 10.1. The van der Waals surface area contributed by atoms with E-state index < -0.39 is 0 Å². The number of nitrogens with zero attached hydrogens (tertiary/aromatic N) is 5. The van der Waals surface area contributed by atoms with E-state index in [2.05, 4.69) is 31.2 Å². The van der Waals surface area contributed by atoms with Gasteiger partial charge in [0.05, 0.1) is 0 Å². The summed E-state index contributed by atoms with van der Waals surface area (Å²) >= 11 is 0. The lowest BCUT2D eigenvalue weighted by Gasteiger charge is -2.33. The van der Waals surface area contributed by atoms with E-state index in [4.69, 9.17) is 0 Å². The van der Waals surface area contributed by atoms with Crippen molar-refractivity contribution in [1.29, 1.82) is 0 Å². The van der Waals surface area contributed by atoms with Crippen molar-refractivity contribution in [2.45, 2.75) is 52.0 Å². The Balaban J connectivity index is 0.00000225. The number of nitrogens with one attached hydrogen (secondary N) is 1. The Morgan fingerprint density at radius 2 is 2.00 bits per heavy atom. The van der Waals surface area contributed by atoms with Gasteiger partial charge in [0, 0.05) is 45.3 Å². The summed E-state index contributed by atoms with van der Waals surface area (Å²) in [5.74, 6) is 2.86. The second-order valence-electron chi connectivity index (χ2n) is 8.00. The van der Waals surface area contributed by atoms with Crippen molar-refractivity contribution in [1.82, 2.24) is 24.8 Å². The minimum absolute atomic E-state index is 0. The van der Waals surface area contributed by atoms with Gasteiger partial charge in [0.15, 0.2) is 5.96 Å². The van der Waals surface area contributed by atoms with Crippen molar-refractivity contribution in [3.05, 3.63) is 42.1 Å². The van der Waals surface area contributed by atoms with Crippen molar-refractivity contribution in [3.63, 3.8) is 0 Å². The van der Waals surface area contributed by atoms with Crippen LogP contribution in [0.2, 0.25) is 0 Å². The lowest BCUT2D eigenvalue weighted by atomic mass is 9.73. The molecule has 0 atom stereocenters. The highest BCUT2D eigenvalue weighted by atomic mass is 127. The molecule has 0 radical (unpaired) electrons. The third kappa shape index (κ3) is 4.50. The average Bonchev–Trinajstić information content (AvgIpc) is 3.30. The molecule has 2 aliphatic rings. The molecule has 28 heavy (non-hydrogen) atoms. The number of halogens is 1. The standard InChI is InChI=1S/C21H30N6.HI/c1-17-23-11-13-27(17)19-7-6-18(14-24-19)15-25-20(22-2)26-12-10-21(16-26)8-4-3-5-9-21;/h6-7,11,13-14H,3-5,8-10,12,15-16H2,1-2H3,(H,22,25);1H. The highest BCUT2D eigenvalue weighted by Crippen LogP contribution is 2.43. The summed E-state index contributed by atoms with van der Waals surface area (Å²) in [6.45, 7) is 5.00. The molecule has 3 heterocycles. The van der Waals surface area contributed by atoms with Crippen molar-refractivity contribution in [2.24, 2.45) is 10.4 Å². The zero-order chi connectivity index (χ0) is 18.7. The number of hydrogen-bond acceptors (Lipinski definition) is 3. The fourth-order valence-corrected chi connectivity index (χ4v) is 4.62. The fourth-order valence-electron chi connectivity index (χ4n) is 4.62. The van der Waals surface area contributed by atoms with E-state index in [1.807, 2.05) is 37.0 Å². The molecule has 1 saturated heterocycles. The van der Waals surface area contributed by atoms with Crippen LogP contribution in [0.5, 0.6) is 0 Å². The van der Waals surface area contributed by atoms with Crippen LogP contribution < -0.4 is 5.32 Å². The summed E-state index contributed by atoms with van der Waals surface area (Å²) in [4.78, 5) is 15.8. The Hall–Kier alpha value is -1.64. The maximum atomic E-state index is 4.58. The number of likely N-dealkylation sites (tertiary alicyclic amines) is 1. The molecule has 152 valence electrons. The zero-order valence-corrected chi connectivity index (χ0v) is 19.2. The molecule has 0 aromatic carbocycles. The van der Waals surface area contributed by atoms with Crippen molar-refractivity contribution >= 4 is 29.9 Å². The first-order valence-corrected chi connectivity index (χ1v) is 10.1. The molecule has 1 aliphatic carbocycles. The van der Waals surface area contributed by atoms with Crippen molar-refractivity contribution < 1.29 is 0 Å². The highest BCUT2D eigenvalue weighted by molar-refractivity contribution is 14.0. The van der Waals surface area contributed by atoms with Crippen LogP contribution in [0.1, 0.15) is 49.9 Å². The van der Waals surface area contributed by atoms with Crippen LogP contribution >= 0.6 is 24.0 Å². The highest BCUT2D eigenvalue weighted by Gasteiger charge is 2.39. The maximum Gasteiger partial charge on any atom is 0.193 e. The van der Waals surface area contributed by atoms with E-state index in [0.717, 1.165) is 42.8 Å². The molecule has 2 aromatic heterocycles. The van der Waals surface area contributed by atoms with Gasteiger partial charge in [-0.25, -0.2) is 9.97 Å². The predicted octanol–water partition coefficient (Wildman–Crippen LogP) is 3.93. The Labute approximate surface area is 184 Å². The van der Waals surface area contributed by atoms with E-state index in [0.29, 0.717) is 5.41 Å². The molecule has 0 bridgehead atoms. The predicted molar refractivity (Wildman–Crippen MR) is 123 cm³/mol. The second-order valence-corrected chi connectivity index (χ2v) is 8.00. The van der Waals surface area contributed by atoms with Crippen LogP contribution in [-0.4, -0.2) is 45.5 Å². The van der Waals surface area contributed by atoms with Crippen molar-refractivity contribution in [3.8, 4) is 5.82 Å². The molecule has 2 fully saturated rings. The number of guanidine groups is 1. The van der Waals surface area contributed by atoms with E-state index in [-0.39, 0.29) is 24.0 Å². The van der Waals surface area contributed by atoms with Gasteiger partial charge < -0.3 is 10.2 Å². The first kappa shape index (κ1) is 21.1. The van der Waals surface area contributed by atoms with Gasteiger partial charge in [-0.15, -0.1) is 24.0 Å². The molecule has 1 spiro atoms. The summed E-state index contributed by atoms with van der Waals surface area (Å²) in [5, 5.41) is 3.53. The molecule has 2 aromatic rings. The summed E-state index contributed by atoms with van der Waals surface area (Å²) in [5.41, 5.74) is 1.70. The molecule has 1 saturated carbocycles. The molecule has 0 amide bonds. The van der Waals surface area contributed by atoms with Gasteiger partial charge in [0.2, 0.25) is 0 Å². The molecule has 1 aliphatic heterocycles. The minimum Gasteiger partial charge on any atom is -0.352 e. The molecule has 1 N–H and O–H groups in total. The van der Waals surface area contributed by atoms with E-state index in [1.165, 1.54) is 38.5 Å². The quantitative estimate of drug-likeness (QED) is 0.399. The van der Waals surface area contributed by atoms with Crippen LogP contribution in [0.4, 0.5) is 0 Å².